The Morgan fingerprint density at radius 3 is 2.87 bits per heavy atom. The van der Waals surface area contributed by atoms with E-state index in [1.54, 1.807) is 11.9 Å². The maximum atomic E-state index is 13.6. The number of benzene rings is 1. The van der Waals surface area contributed by atoms with Crippen LogP contribution < -0.4 is 0 Å². The number of ether oxygens (including phenoxy) is 1. The molecular formula is C23H24N4O3. The molecule has 1 N–H and O–H groups in total. The highest BCUT2D eigenvalue weighted by Crippen LogP contribution is 2.52. The molecule has 2 bridgehead atoms. The van der Waals surface area contributed by atoms with E-state index in [0.717, 1.165) is 29.8 Å². The van der Waals surface area contributed by atoms with E-state index in [1.807, 2.05) is 35.3 Å². The fourth-order valence-electron chi connectivity index (χ4n) is 5.72. The third-order valence-corrected chi connectivity index (χ3v) is 7.15. The van der Waals surface area contributed by atoms with Crippen LogP contribution in [0, 0.1) is 11.8 Å². The first kappa shape index (κ1) is 17.9. The summed E-state index contributed by atoms with van der Waals surface area (Å²) >= 11 is 0. The third-order valence-electron chi connectivity index (χ3n) is 7.15. The third kappa shape index (κ3) is 2.38. The average molecular weight is 404 g/mol. The number of likely N-dealkylation sites (tertiary alicyclic amines) is 1. The number of amides is 2. The van der Waals surface area contributed by atoms with Gasteiger partial charge in [-0.3, -0.25) is 14.7 Å². The number of carbonyl (C=O) groups is 2. The lowest BCUT2D eigenvalue weighted by atomic mass is 9.76. The first-order valence-electron chi connectivity index (χ1n) is 10.6. The van der Waals surface area contributed by atoms with Gasteiger partial charge < -0.3 is 14.5 Å². The number of hydrogen-bond acceptors (Lipinski definition) is 4. The number of rotatable bonds is 2. The topological polar surface area (TPSA) is 78.5 Å². The van der Waals surface area contributed by atoms with Gasteiger partial charge in [0, 0.05) is 43.4 Å². The summed E-state index contributed by atoms with van der Waals surface area (Å²) in [6.07, 6.45) is 5.17. The number of nitrogens with one attached hydrogen (secondary N) is 1. The summed E-state index contributed by atoms with van der Waals surface area (Å²) in [5, 5.41) is 7.73. The van der Waals surface area contributed by atoms with E-state index in [9.17, 15) is 9.59 Å². The van der Waals surface area contributed by atoms with Gasteiger partial charge in [0.15, 0.2) is 0 Å². The zero-order valence-corrected chi connectivity index (χ0v) is 16.9. The molecule has 4 aliphatic rings. The lowest BCUT2D eigenvalue weighted by Gasteiger charge is -2.29. The Morgan fingerprint density at radius 1 is 1.23 bits per heavy atom. The lowest BCUT2D eigenvalue weighted by molar-refractivity contribution is -0.142. The van der Waals surface area contributed by atoms with Gasteiger partial charge in [-0.25, -0.2) is 0 Å². The quantitative estimate of drug-likeness (QED) is 0.768. The Morgan fingerprint density at radius 2 is 2.03 bits per heavy atom. The number of hydrogen-bond donors (Lipinski definition) is 1. The Kier molecular flexibility index (Phi) is 3.75. The summed E-state index contributed by atoms with van der Waals surface area (Å²) in [6.45, 7) is 1.78. The summed E-state index contributed by atoms with van der Waals surface area (Å²) < 4.78 is 6.17. The molecule has 0 radical (unpaired) electrons. The molecule has 2 fully saturated rings. The minimum atomic E-state index is -0.614. The molecule has 7 heteroatoms. The standard InChI is InChI=1S/C23H24N4O3/c1-26-13-23-10-7-17(30-23)18(19(23)22(26)29)21(28)27-11-8-15-16(9-12-27)24-25-20(15)14-5-3-2-4-6-14/h2-7,10,17-19H,8-9,11-13H2,1H3,(H,24,25)/t17-,18-,19+,23-/m0/s1. The van der Waals surface area contributed by atoms with Gasteiger partial charge in [0.25, 0.3) is 0 Å². The van der Waals surface area contributed by atoms with Crippen molar-refractivity contribution in [2.24, 2.45) is 11.8 Å². The Bertz CT molecular complexity index is 1060. The van der Waals surface area contributed by atoms with Gasteiger partial charge in [-0.15, -0.1) is 0 Å². The van der Waals surface area contributed by atoms with Crippen molar-refractivity contribution in [2.75, 3.05) is 26.7 Å². The minimum Gasteiger partial charge on any atom is -0.360 e. The summed E-state index contributed by atoms with van der Waals surface area (Å²) in [4.78, 5) is 30.0. The number of carbonyl (C=O) groups excluding carboxylic acids is 2. The highest BCUT2D eigenvalue weighted by Gasteiger charge is 2.66. The van der Waals surface area contributed by atoms with Crippen molar-refractivity contribution in [1.29, 1.82) is 0 Å². The van der Waals surface area contributed by atoms with Crippen molar-refractivity contribution in [2.45, 2.75) is 24.5 Å². The van der Waals surface area contributed by atoms with Crippen molar-refractivity contribution in [1.82, 2.24) is 20.0 Å². The maximum absolute atomic E-state index is 13.6. The fraction of sp³-hybridized carbons (Fsp3) is 0.435. The number of H-pyrrole nitrogens is 1. The molecule has 0 aliphatic carbocycles. The van der Waals surface area contributed by atoms with Gasteiger partial charge in [-0.05, 0) is 6.42 Å². The summed E-state index contributed by atoms with van der Waals surface area (Å²) in [5.74, 6) is -0.752. The molecule has 4 atom stereocenters. The zero-order chi connectivity index (χ0) is 20.5. The molecule has 4 aliphatic heterocycles. The molecular weight excluding hydrogens is 380 g/mol. The van der Waals surface area contributed by atoms with Gasteiger partial charge in [-0.1, -0.05) is 42.5 Å². The van der Waals surface area contributed by atoms with E-state index in [1.165, 1.54) is 5.56 Å². The molecule has 154 valence electrons. The molecule has 30 heavy (non-hydrogen) atoms. The average Bonchev–Trinajstić information content (AvgIpc) is 3.46. The zero-order valence-electron chi connectivity index (χ0n) is 16.9. The molecule has 6 rings (SSSR count). The molecule has 2 amide bonds. The van der Waals surface area contributed by atoms with Crippen molar-refractivity contribution < 1.29 is 14.3 Å². The second-order valence-electron chi connectivity index (χ2n) is 8.81. The van der Waals surface area contributed by atoms with E-state index in [-0.39, 0.29) is 17.9 Å². The predicted molar refractivity (Wildman–Crippen MR) is 109 cm³/mol. The van der Waals surface area contributed by atoms with Gasteiger partial charge in [0.2, 0.25) is 11.8 Å². The van der Waals surface area contributed by atoms with E-state index < -0.39 is 17.4 Å². The normalized spacial score (nSPS) is 31.8. The van der Waals surface area contributed by atoms with Crippen LogP contribution in [0.2, 0.25) is 0 Å². The first-order valence-corrected chi connectivity index (χ1v) is 10.6. The van der Waals surface area contributed by atoms with Crippen LogP contribution in [0.15, 0.2) is 42.5 Å². The van der Waals surface area contributed by atoms with Crippen LogP contribution in [0.1, 0.15) is 11.3 Å². The van der Waals surface area contributed by atoms with Crippen LogP contribution in [0.5, 0.6) is 0 Å². The van der Waals surface area contributed by atoms with Crippen LogP contribution >= 0.6 is 0 Å². The highest BCUT2D eigenvalue weighted by atomic mass is 16.5. The molecule has 1 spiro atoms. The minimum absolute atomic E-state index is 0.0239. The van der Waals surface area contributed by atoms with E-state index in [0.29, 0.717) is 19.6 Å². The maximum Gasteiger partial charge on any atom is 0.229 e. The summed E-state index contributed by atoms with van der Waals surface area (Å²) in [5.41, 5.74) is 3.73. The van der Waals surface area contributed by atoms with Gasteiger partial charge in [0.1, 0.15) is 5.60 Å². The number of aromatic nitrogens is 2. The molecule has 0 unspecified atom stereocenters. The monoisotopic (exact) mass is 404 g/mol. The van der Waals surface area contributed by atoms with Crippen LogP contribution in [-0.2, 0) is 27.2 Å². The van der Waals surface area contributed by atoms with Crippen molar-refractivity contribution in [3.8, 4) is 11.3 Å². The Hall–Kier alpha value is -2.93. The summed E-state index contributed by atoms with van der Waals surface area (Å²) in [6, 6.07) is 10.1. The lowest BCUT2D eigenvalue weighted by Crippen LogP contribution is -2.46. The van der Waals surface area contributed by atoms with Gasteiger partial charge in [0.05, 0.1) is 30.2 Å². The fourth-order valence-corrected chi connectivity index (χ4v) is 5.72. The Balaban J connectivity index is 1.25. The molecule has 2 saturated heterocycles. The molecule has 7 nitrogen and oxygen atoms in total. The van der Waals surface area contributed by atoms with E-state index >= 15 is 0 Å². The van der Waals surface area contributed by atoms with Crippen LogP contribution in [-0.4, -0.2) is 70.2 Å². The van der Waals surface area contributed by atoms with Crippen molar-refractivity contribution >= 4 is 11.8 Å². The second-order valence-corrected chi connectivity index (χ2v) is 8.81. The van der Waals surface area contributed by atoms with Crippen molar-refractivity contribution in [3.05, 3.63) is 53.7 Å². The van der Waals surface area contributed by atoms with Crippen LogP contribution in [0.25, 0.3) is 11.3 Å². The highest BCUT2D eigenvalue weighted by molar-refractivity contribution is 5.93. The largest absolute Gasteiger partial charge is 0.360 e. The SMILES string of the molecule is CN1C[C@]23C=C[C@H](O2)[C@H](C(=O)N2CCc4[nH]nc(-c5ccccc5)c4CC2)[C@@H]3C1=O. The number of likely N-dealkylation sites (N-methyl/N-ethyl adjacent to an activating group) is 1. The van der Waals surface area contributed by atoms with Crippen molar-refractivity contribution in [3.63, 3.8) is 0 Å². The molecule has 0 saturated carbocycles. The molecule has 2 aromatic rings. The molecule has 1 aromatic heterocycles. The molecule has 5 heterocycles. The summed E-state index contributed by atoms with van der Waals surface area (Å²) in [7, 11) is 1.79. The molecule has 1 aromatic carbocycles. The second kappa shape index (κ2) is 6.28. The first-order chi connectivity index (χ1) is 14.6. The van der Waals surface area contributed by atoms with E-state index in [4.69, 9.17) is 4.74 Å². The smallest absolute Gasteiger partial charge is 0.229 e. The van der Waals surface area contributed by atoms with Gasteiger partial charge >= 0.3 is 0 Å². The van der Waals surface area contributed by atoms with Crippen LogP contribution in [0.3, 0.4) is 0 Å². The van der Waals surface area contributed by atoms with E-state index in [2.05, 4.69) is 22.3 Å². The number of aromatic amines is 1. The van der Waals surface area contributed by atoms with Crippen LogP contribution in [0.4, 0.5) is 0 Å². The number of nitrogens with zero attached hydrogens (tertiary/aromatic N) is 3. The predicted octanol–water partition coefficient (Wildman–Crippen LogP) is 1.42. The Labute approximate surface area is 174 Å². The van der Waals surface area contributed by atoms with Gasteiger partial charge in [-0.2, -0.15) is 5.10 Å². The number of fused-ring (bicyclic) bond motifs is 2.